The van der Waals surface area contributed by atoms with E-state index in [-0.39, 0.29) is 0 Å². The number of nitrogens with one attached hydrogen (secondary N) is 1. The molecule has 4 heteroatoms. The van der Waals surface area contributed by atoms with Crippen LogP contribution in [-0.2, 0) is 12.8 Å². The summed E-state index contributed by atoms with van der Waals surface area (Å²) in [6.07, 6.45) is 1.95. The summed E-state index contributed by atoms with van der Waals surface area (Å²) in [5.41, 5.74) is 11.2. The average molecular weight is 299 g/mol. The Morgan fingerprint density at radius 3 is 2.33 bits per heavy atom. The van der Waals surface area contributed by atoms with Crippen LogP contribution in [0.5, 0.6) is 0 Å². The molecule has 2 aromatic rings. The molecule has 0 amide bonds. The third-order valence-corrected chi connectivity index (χ3v) is 3.73. The Morgan fingerprint density at radius 1 is 1.19 bits per heavy atom. The zero-order chi connectivity index (χ0) is 15.4. The highest BCUT2D eigenvalue weighted by Gasteiger charge is 2.09. The number of aryl methyl sites for hydroxylation is 3. The summed E-state index contributed by atoms with van der Waals surface area (Å²) in [6, 6.07) is 10.2. The van der Waals surface area contributed by atoms with Crippen molar-refractivity contribution in [3.05, 3.63) is 52.7 Å². The molecule has 1 heterocycles. The van der Waals surface area contributed by atoms with Crippen molar-refractivity contribution in [1.29, 1.82) is 0 Å². The predicted molar refractivity (Wildman–Crippen MR) is 93.3 cm³/mol. The first-order valence-electron chi connectivity index (χ1n) is 7.21. The number of hydrogen-bond donors (Lipinski definition) is 2. The van der Waals surface area contributed by atoms with Crippen LogP contribution in [0.2, 0.25) is 0 Å². The summed E-state index contributed by atoms with van der Waals surface area (Å²) in [7, 11) is 0. The summed E-state index contributed by atoms with van der Waals surface area (Å²) >= 11 is 5.07. The van der Waals surface area contributed by atoms with Crippen LogP contribution in [0.25, 0.3) is 0 Å². The fourth-order valence-corrected chi connectivity index (χ4v) is 2.52. The van der Waals surface area contributed by atoms with Crippen molar-refractivity contribution in [3.63, 3.8) is 0 Å². The van der Waals surface area contributed by atoms with E-state index in [2.05, 4.69) is 42.3 Å². The monoisotopic (exact) mass is 299 g/mol. The maximum absolute atomic E-state index is 5.73. The highest BCUT2D eigenvalue weighted by atomic mass is 32.1. The minimum Gasteiger partial charge on any atom is -0.389 e. The van der Waals surface area contributed by atoms with Crippen molar-refractivity contribution >= 4 is 28.7 Å². The lowest BCUT2D eigenvalue weighted by Crippen LogP contribution is -2.11. The molecule has 0 aliphatic carbocycles. The van der Waals surface area contributed by atoms with Gasteiger partial charge in [-0.15, -0.1) is 0 Å². The molecule has 0 saturated heterocycles. The second-order valence-corrected chi connectivity index (χ2v) is 5.47. The van der Waals surface area contributed by atoms with E-state index in [1.807, 2.05) is 19.1 Å². The highest BCUT2D eigenvalue weighted by Crippen LogP contribution is 2.26. The number of hydrogen-bond acceptors (Lipinski definition) is 3. The van der Waals surface area contributed by atoms with Gasteiger partial charge >= 0.3 is 0 Å². The van der Waals surface area contributed by atoms with E-state index >= 15 is 0 Å². The van der Waals surface area contributed by atoms with Crippen molar-refractivity contribution in [2.45, 2.75) is 33.6 Å². The number of pyridine rings is 1. The predicted octanol–water partition coefficient (Wildman–Crippen LogP) is 3.89. The second-order valence-electron chi connectivity index (χ2n) is 5.03. The summed E-state index contributed by atoms with van der Waals surface area (Å²) in [5, 5.41) is 3.45. The van der Waals surface area contributed by atoms with Crippen molar-refractivity contribution in [3.8, 4) is 0 Å². The van der Waals surface area contributed by atoms with Gasteiger partial charge in [0.05, 0.1) is 0 Å². The van der Waals surface area contributed by atoms with Gasteiger partial charge in [-0.3, -0.25) is 0 Å². The number of para-hydroxylation sites is 1. The standard InChI is InChI=1S/C17H21N3S/c1-4-12-7-6-8-13(5-2)16(12)20-15-10-14(17(18)21)9-11(3)19-15/h6-10H,4-5H2,1-3H3,(H2,18,21)(H,19,20). The van der Waals surface area contributed by atoms with Crippen molar-refractivity contribution in [2.75, 3.05) is 5.32 Å². The van der Waals surface area contributed by atoms with Crippen LogP contribution in [-0.4, -0.2) is 9.97 Å². The molecule has 0 fully saturated rings. The molecular formula is C17H21N3S. The van der Waals surface area contributed by atoms with Crippen molar-refractivity contribution in [1.82, 2.24) is 4.98 Å². The van der Waals surface area contributed by atoms with Crippen LogP contribution >= 0.6 is 12.2 Å². The van der Waals surface area contributed by atoms with Gasteiger partial charge < -0.3 is 11.1 Å². The maximum atomic E-state index is 5.73. The van der Waals surface area contributed by atoms with Crippen LogP contribution in [0.1, 0.15) is 36.2 Å². The van der Waals surface area contributed by atoms with E-state index in [9.17, 15) is 0 Å². The third-order valence-electron chi connectivity index (χ3n) is 3.49. The number of benzene rings is 1. The van der Waals surface area contributed by atoms with E-state index < -0.39 is 0 Å². The van der Waals surface area contributed by atoms with Gasteiger partial charge in [0, 0.05) is 16.9 Å². The SMILES string of the molecule is CCc1cccc(CC)c1Nc1cc(C(N)=S)cc(C)n1. The molecule has 0 atom stereocenters. The molecule has 0 spiro atoms. The Bertz CT molecular complexity index is 643. The van der Waals surface area contributed by atoms with Gasteiger partial charge in [-0.25, -0.2) is 4.98 Å². The molecule has 0 bridgehead atoms. The highest BCUT2D eigenvalue weighted by molar-refractivity contribution is 7.80. The Kier molecular flexibility index (Phi) is 4.91. The minimum absolute atomic E-state index is 0.392. The lowest BCUT2D eigenvalue weighted by atomic mass is 10.0. The maximum Gasteiger partial charge on any atom is 0.131 e. The van der Waals surface area contributed by atoms with Gasteiger partial charge in [0.25, 0.3) is 0 Å². The molecule has 0 aliphatic rings. The number of aromatic nitrogens is 1. The van der Waals surface area contributed by atoms with Crippen LogP contribution in [0.3, 0.4) is 0 Å². The summed E-state index contributed by atoms with van der Waals surface area (Å²) in [6.45, 7) is 6.26. The number of anilines is 2. The minimum atomic E-state index is 0.392. The average Bonchev–Trinajstić information content (AvgIpc) is 2.46. The molecule has 21 heavy (non-hydrogen) atoms. The van der Waals surface area contributed by atoms with Crippen LogP contribution in [0.4, 0.5) is 11.5 Å². The molecular weight excluding hydrogens is 278 g/mol. The summed E-state index contributed by atoms with van der Waals surface area (Å²) in [4.78, 5) is 4.93. The Labute approximate surface area is 131 Å². The van der Waals surface area contributed by atoms with Gasteiger partial charge in [-0.2, -0.15) is 0 Å². The van der Waals surface area contributed by atoms with Gasteiger partial charge in [0.15, 0.2) is 0 Å². The first kappa shape index (κ1) is 15.4. The van der Waals surface area contributed by atoms with E-state index in [0.717, 1.165) is 35.6 Å². The zero-order valence-corrected chi connectivity index (χ0v) is 13.6. The van der Waals surface area contributed by atoms with E-state index in [0.29, 0.717) is 4.99 Å². The summed E-state index contributed by atoms with van der Waals surface area (Å²) < 4.78 is 0. The molecule has 1 aromatic carbocycles. The molecule has 1 aromatic heterocycles. The molecule has 0 saturated carbocycles. The lowest BCUT2D eigenvalue weighted by molar-refractivity contribution is 1.08. The van der Waals surface area contributed by atoms with Gasteiger partial charge in [0.1, 0.15) is 10.8 Å². The smallest absolute Gasteiger partial charge is 0.131 e. The molecule has 2 rings (SSSR count). The Hall–Kier alpha value is -1.94. The largest absolute Gasteiger partial charge is 0.389 e. The topological polar surface area (TPSA) is 50.9 Å². The van der Waals surface area contributed by atoms with E-state index in [4.69, 9.17) is 18.0 Å². The molecule has 3 N–H and O–H groups in total. The quantitative estimate of drug-likeness (QED) is 0.822. The Morgan fingerprint density at radius 2 is 1.81 bits per heavy atom. The third kappa shape index (κ3) is 3.58. The number of nitrogens with two attached hydrogens (primary N) is 1. The van der Waals surface area contributed by atoms with Gasteiger partial charge in [-0.1, -0.05) is 44.3 Å². The second kappa shape index (κ2) is 6.68. The summed E-state index contributed by atoms with van der Waals surface area (Å²) in [5.74, 6) is 0.786. The van der Waals surface area contributed by atoms with E-state index in [1.165, 1.54) is 11.1 Å². The molecule has 3 nitrogen and oxygen atoms in total. The number of thiocarbonyl (C=S) groups is 1. The lowest BCUT2D eigenvalue weighted by Gasteiger charge is -2.16. The number of nitrogens with zero attached hydrogens (tertiary/aromatic N) is 1. The first-order valence-corrected chi connectivity index (χ1v) is 7.62. The molecule has 0 unspecified atom stereocenters. The van der Waals surface area contributed by atoms with Gasteiger partial charge in [0.2, 0.25) is 0 Å². The molecule has 110 valence electrons. The van der Waals surface area contributed by atoms with Crippen LogP contribution in [0.15, 0.2) is 30.3 Å². The molecule has 0 aliphatic heterocycles. The molecule has 0 radical (unpaired) electrons. The fourth-order valence-electron chi connectivity index (χ4n) is 2.41. The van der Waals surface area contributed by atoms with E-state index in [1.54, 1.807) is 0 Å². The van der Waals surface area contributed by atoms with Crippen LogP contribution in [0, 0.1) is 6.92 Å². The number of rotatable bonds is 5. The fraction of sp³-hybridized carbons (Fsp3) is 0.294. The zero-order valence-electron chi connectivity index (χ0n) is 12.7. The van der Waals surface area contributed by atoms with Gasteiger partial charge in [-0.05, 0) is 43.0 Å². The Balaban J connectivity index is 2.45. The van der Waals surface area contributed by atoms with Crippen LogP contribution < -0.4 is 11.1 Å². The first-order chi connectivity index (χ1) is 10.0. The van der Waals surface area contributed by atoms with Crippen molar-refractivity contribution in [2.24, 2.45) is 5.73 Å². The van der Waals surface area contributed by atoms with Crippen molar-refractivity contribution < 1.29 is 0 Å². The normalized spacial score (nSPS) is 10.4.